The minimum atomic E-state index is 0.0420. The van der Waals surface area contributed by atoms with Gasteiger partial charge >= 0.3 is 0 Å². The van der Waals surface area contributed by atoms with Crippen LogP contribution in [0, 0.1) is 0 Å². The number of nitrogens with one attached hydrogen (secondary N) is 1. The zero-order valence-electron chi connectivity index (χ0n) is 9.51. The second-order valence-corrected chi connectivity index (χ2v) is 5.39. The molecule has 1 aliphatic heterocycles. The Morgan fingerprint density at radius 1 is 1.07 bits per heavy atom. The van der Waals surface area contributed by atoms with Crippen molar-refractivity contribution in [3.05, 3.63) is 0 Å². The van der Waals surface area contributed by atoms with E-state index in [0.717, 1.165) is 6.54 Å². The van der Waals surface area contributed by atoms with Crippen molar-refractivity contribution in [1.82, 2.24) is 5.32 Å². The van der Waals surface area contributed by atoms with Crippen LogP contribution in [0.1, 0.15) is 52.4 Å². The maximum atomic E-state index is 6.15. The highest BCUT2D eigenvalue weighted by Crippen LogP contribution is 2.27. The highest BCUT2D eigenvalue weighted by atomic mass is 16.5. The summed E-state index contributed by atoms with van der Waals surface area (Å²) < 4.78 is 6.15. The van der Waals surface area contributed by atoms with Crippen molar-refractivity contribution < 1.29 is 4.74 Å². The molecule has 1 N–H and O–H groups in total. The van der Waals surface area contributed by atoms with Gasteiger partial charge in [-0.15, -0.1) is 0 Å². The Labute approximate surface area is 87.4 Å². The van der Waals surface area contributed by atoms with E-state index in [1.165, 1.54) is 38.5 Å². The van der Waals surface area contributed by atoms with Gasteiger partial charge in [0, 0.05) is 12.6 Å². The molecule has 1 saturated heterocycles. The molecule has 82 valence electrons. The van der Waals surface area contributed by atoms with Gasteiger partial charge in [0.2, 0.25) is 0 Å². The molecule has 0 spiro atoms. The second-order valence-electron chi connectivity index (χ2n) is 5.39. The summed E-state index contributed by atoms with van der Waals surface area (Å²) in [4.78, 5) is 0. The maximum absolute atomic E-state index is 6.15. The Morgan fingerprint density at radius 2 is 1.79 bits per heavy atom. The highest BCUT2D eigenvalue weighted by molar-refractivity contribution is 4.89. The van der Waals surface area contributed by atoms with Crippen LogP contribution in [0.25, 0.3) is 0 Å². The van der Waals surface area contributed by atoms with Gasteiger partial charge in [-0.05, 0) is 26.7 Å². The van der Waals surface area contributed by atoms with Crippen molar-refractivity contribution in [2.75, 3.05) is 6.54 Å². The van der Waals surface area contributed by atoms with Gasteiger partial charge in [0.1, 0.15) is 0 Å². The molecule has 2 unspecified atom stereocenters. The van der Waals surface area contributed by atoms with Crippen LogP contribution in [-0.2, 0) is 4.74 Å². The van der Waals surface area contributed by atoms with Crippen LogP contribution in [-0.4, -0.2) is 24.3 Å². The first-order chi connectivity index (χ1) is 6.67. The minimum absolute atomic E-state index is 0.0420. The monoisotopic (exact) mass is 197 g/mol. The van der Waals surface area contributed by atoms with E-state index in [9.17, 15) is 0 Å². The molecule has 2 rings (SSSR count). The summed E-state index contributed by atoms with van der Waals surface area (Å²) in [6, 6.07) is 0.628. The largest absolute Gasteiger partial charge is 0.369 e. The van der Waals surface area contributed by atoms with Gasteiger partial charge in [-0.3, -0.25) is 0 Å². The quantitative estimate of drug-likeness (QED) is 0.644. The summed E-state index contributed by atoms with van der Waals surface area (Å²) in [6.45, 7) is 5.39. The molecule has 0 aromatic heterocycles. The summed E-state index contributed by atoms with van der Waals surface area (Å²) in [5, 5.41) is 3.65. The van der Waals surface area contributed by atoms with Crippen molar-refractivity contribution in [1.29, 1.82) is 0 Å². The van der Waals surface area contributed by atoms with E-state index in [2.05, 4.69) is 19.2 Å². The third kappa shape index (κ3) is 2.48. The first kappa shape index (κ1) is 10.4. The number of hydrogen-bond donors (Lipinski definition) is 1. The van der Waals surface area contributed by atoms with Gasteiger partial charge in [0.05, 0.1) is 11.7 Å². The molecule has 2 nitrogen and oxygen atoms in total. The molecule has 0 amide bonds. The first-order valence-corrected chi connectivity index (χ1v) is 6.09. The molecule has 2 atom stereocenters. The predicted molar refractivity (Wildman–Crippen MR) is 58.4 cm³/mol. The third-order valence-corrected chi connectivity index (χ3v) is 3.46. The van der Waals surface area contributed by atoms with Gasteiger partial charge in [0.25, 0.3) is 0 Å². The van der Waals surface area contributed by atoms with E-state index in [-0.39, 0.29) is 5.60 Å². The summed E-state index contributed by atoms with van der Waals surface area (Å²) in [6.07, 6.45) is 8.55. The molecule has 2 heteroatoms. The highest BCUT2D eigenvalue weighted by Gasteiger charge is 2.34. The fourth-order valence-corrected chi connectivity index (χ4v) is 2.65. The van der Waals surface area contributed by atoms with Crippen LogP contribution in [0.2, 0.25) is 0 Å². The van der Waals surface area contributed by atoms with Crippen molar-refractivity contribution in [3.63, 3.8) is 0 Å². The Hall–Kier alpha value is -0.0800. The van der Waals surface area contributed by atoms with Crippen LogP contribution in [0.15, 0.2) is 0 Å². The summed E-state index contributed by atoms with van der Waals surface area (Å²) in [5.74, 6) is 0. The lowest BCUT2D eigenvalue weighted by atomic mass is 9.91. The lowest BCUT2D eigenvalue weighted by molar-refractivity contribution is -0.121. The van der Waals surface area contributed by atoms with Crippen LogP contribution >= 0.6 is 0 Å². The van der Waals surface area contributed by atoms with Gasteiger partial charge in [0.15, 0.2) is 0 Å². The van der Waals surface area contributed by atoms with Gasteiger partial charge < -0.3 is 10.1 Å². The molecule has 1 saturated carbocycles. The molecular weight excluding hydrogens is 174 g/mol. The fraction of sp³-hybridized carbons (Fsp3) is 1.00. The molecule has 0 aromatic carbocycles. The van der Waals surface area contributed by atoms with E-state index in [1.54, 1.807) is 0 Å². The van der Waals surface area contributed by atoms with Crippen molar-refractivity contribution in [3.8, 4) is 0 Å². The van der Waals surface area contributed by atoms with Crippen molar-refractivity contribution in [2.45, 2.75) is 70.1 Å². The molecule has 1 aliphatic carbocycles. The third-order valence-electron chi connectivity index (χ3n) is 3.46. The van der Waals surface area contributed by atoms with Crippen LogP contribution in [0.5, 0.6) is 0 Å². The van der Waals surface area contributed by atoms with Crippen molar-refractivity contribution >= 4 is 0 Å². The Kier molecular flexibility index (Phi) is 3.13. The Morgan fingerprint density at radius 3 is 2.57 bits per heavy atom. The topological polar surface area (TPSA) is 21.3 Å². The molecule has 14 heavy (non-hydrogen) atoms. The lowest BCUT2D eigenvalue weighted by Crippen LogP contribution is -2.56. The minimum Gasteiger partial charge on any atom is -0.369 e. The van der Waals surface area contributed by atoms with Gasteiger partial charge in [-0.2, -0.15) is 0 Å². The van der Waals surface area contributed by atoms with Crippen LogP contribution in [0.3, 0.4) is 0 Å². The molecule has 2 aliphatic rings. The summed E-state index contributed by atoms with van der Waals surface area (Å²) in [7, 11) is 0. The SMILES string of the molecule is CC1(C)CNC2CCCCCCC2O1. The van der Waals surface area contributed by atoms with E-state index in [0.29, 0.717) is 12.1 Å². The smallest absolute Gasteiger partial charge is 0.0755 e. The standard InChI is InChI=1S/C12H23NO/c1-12(2)9-13-10-7-5-3-4-6-8-11(10)14-12/h10-11,13H,3-9H2,1-2H3. The van der Waals surface area contributed by atoms with E-state index in [1.807, 2.05) is 0 Å². The van der Waals surface area contributed by atoms with E-state index < -0.39 is 0 Å². The fourth-order valence-electron chi connectivity index (χ4n) is 2.65. The molecule has 0 radical (unpaired) electrons. The van der Waals surface area contributed by atoms with Crippen LogP contribution < -0.4 is 5.32 Å². The van der Waals surface area contributed by atoms with Crippen molar-refractivity contribution in [2.24, 2.45) is 0 Å². The summed E-state index contributed by atoms with van der Waals surface area (Å²) in [5.41, 5.74) is 0.0420. The van der Waals surface area contributed by atoms with Gasteiger partial charge in [-0.1, -0.05) is 25.7 Å². The number of morpholine rings is 1. The average molecular weight is 197 g/mol. The second kappa shape index (κ2) is 4.19. The molecule has 1 heterocycles. The molecular formula is C12H23NO. The Bertz CT molecular complexity index is 191. The molecule has 2 fully saturated rings. The molecule has 0 aromatic rings. The normalized spacial score (nSPS) is 38.1. The first-order valence-electron chi connectivity index (χ1n) is 6.09. The number of fused-ring (bicyclic) bond motifs is 1. The van der Waals surface area contributed by atoms with Gasteiger partial charge in [-0.25, -0.2) is 0 Å². The molecule has 0 bridgehead atoms. The van der Waals surface area contributed by atoms with E-state index >= 15 is 0 Å². The number of ether oxygens (including phenoxy) is 1. The predicted octanol–water partition coefficient (Wildman–Crippen LogP) is 2.48. The lowest BCUT2D eigenvalue weighted by Gasteiger charge is -2.43. The zero-order valence-corrected chi connectivity index (χ0v) is 9.51. The summed E-state index contributed by atoms with van der Waals surface area (Å²) >= 11 is 0. The zero-order chi connectivity index (χ0) is 10.0. The Balaban J connectivity index is 1.96. The maximum Gasteiger partial charge on any atom is 0.0755 e. The van der Waals surface area contributed by atoms with Crippen LogP contribution in [0.4, 0.5) is 0 Å². The number of rotatable bonds is 0. The average Bonchev–Trinajstić information content (AvgIpc) is 2.07. The van der Waals surface area contributed by atoms with E-state index in [4.69, 9.17) is 4.74 Å². The number of hydrogen-bond acceptors (Lipinski definition) is 2.